The second kappa shape index (κ2) is 8.01. The van der Waals surface area contributed by atoms with E-state index in [0.29, 0.717) is 0 Å². The molecule has 2 aliphatic rings. The summed E-state index contributed by atoms with van der Waals surface area (Å²) in [6.45, 7) is 4.27. The van der Waals surface area contributed by atoms with Gasteiger partial charge in [0.2, 0.25) is 5.91 Å². The van der Waals surface area contributed by atoms with Gasteiger partial charge >= 0.3 is 0 Å². The molecule has 27 heavy (non-hydrogen) atoms. The van der Waals surface area contributed by atoms with Crippen molar-refractivity contribution < 1.29 is 9.59 Å². The van der Waals surface area contributed by atoms with E-state index in [0.717, 1.165) is 68.6 Å². The number of carbonyl (C=O) groups is 2. The molecular weight excluding hydrogens is 356 g/mol. The predicted molar refractivity (Wildman–Crippen MR) is 110 cm³/mol. The molecule has 2 amide bonds. The highest BCUT2D eigenvalue weighted by Gasteiger charge is 2.29. The first-order valence-electron chi connectivity index (χ1n) is 10.2. The summed E-state index contributed by atoms with van der Waals surface area (Å²) in [6, 6.07) is 8.54. The van der Waals surface area contributed by atoms with Crippen LogP contribution >= 0.6 is 11.3 Å². The van der Waals surface area contributed by atoms with Crippen LogP contribution in [0.15, 0.2) is 24.3 Å². The zero-order chi connectivity index (χ0) is 18.8. The molecule has 0 saturated carbocycles. The Labute approximate surface area is 165 Å². The first kappa shape index (κ1) is 18.5. The minimum Gasteiger partial charge on any atom is -0.340 e. The summed E-state index contributed by atoms with van der Waals surface area (Å²) in [4.78, 5) is 30.4. The summed E-state index contributed by atoms with van der Waals surface area (Å²) >= 11 is 1.63. The fourth-order valence-corrected chi connectivity index (χ4v) is 5.78. The van der Waals surface area contributed by atoms with Gasteiger partial charge in [0.25, 0.3) is 5.91 Å². The molecule has 144 valence electrons. The third-order valence-corrected chi connectivity index (χ3v) is 7.21. The van der Waals surface area contributed by atoms with Gasteiger partial charge in [0.1, 0.15) is 0 Å². The molecule has 1 aromatic carbocycles. The Bertz CT molecular complexity index is 838. The first-order valence-corrected chi connectivity index (χ1v) is 11.0. The molecule has 0 bridgehead atoms. The molecule has 1 aromatic heterocycles. The van der Waals surface area contributed by atoms with Crippen molar-refractivity contribution in [2.24, 2.45) is 0 Å². The monoisotopic (exact) mass is 384 g/mol. The van der Waals surface area contributed by atoms with Gasteiger partial charge in [-0.1, -0.05) is 31.0 Å². The average Bonchev–Trinajstić information content (AvgIpc) is 3.25. The molecule has 1 unspecified atom stereocenters. The standard InChI is InChI=1S/C22H28N2O2S/c1-16(25)24-14-6-2-3-9-17(24)15-19-18-10-4-5-11-20(18)27-21(19)22(26)23-12-7-8-13-23/h4-5,10-11,17H,2-3,6-9,12-15H2,1H3. The number of carbonyl (C=O) groups excluding carboxylic acids is 2. The van der Waals surface area contributed by atoms with Gasteiger partial charge in [-0.2, -0.15) is 0 Å². The highest BCUT2D eigenvalue weighted by molar-refractivity contribution is 7.21. The molecular formula is C22H28N2O2S. The van der Waals surface area contributed by atoms with Crippen molar-refractivity contribution in [2.45, 2.75) is 57.9 Å². The lowest BCUT2D eigenvalue weighted by Crippen LogP contribution is -2.40. The van der Waals surface area contributed by atoms with E-state index >= 15 is 0 Å². The van der Waals surface area contributed by atoms with E-state index in [9.17, 15) is 9.59 Å². The van der Waals surface area contributed by atoms with Crippen molar-refractivity contribution in [1.29, 1.82) is 0 Å². The minimum absolute atomic E-state index is 0.161. The summed E-state index contributed by atoms with van der Waals surface area (Å²) in [7, 11) is 0. The van der Waals surface area contributed by atoms with E-state index in [2.05, 4.69) is 18.2 Å². The van der Waals surface area contributed by atoms with Gasteiger partial charge in [-0.3, -0.25) is 9.59 Å². The van der Waals surface area contributed by atoms with Crippen LogP contribution in [-0.4, -0.2) is 47.3 Å². The zero-order valence-corrected chi connectivity index (χ0v) is 16.9. The molecule has 4 nitrogen and oxygen atoms in total. The highest BCUT2D eigenvalue weighted by Crippen LogP contribution is 2.35. The molecule has 4 rings (SSSR count). The van der Waals surface area contributed by atoms with Crippen LogP contribution in [0.3, 0.4) is 0 Å². The Morgan fingerprint density at radius 3 is 2.56 bits per heavy atom. The summed E-state index contributed by atoms with van der Waals surface area (Å²) < 4.78 is 1.18. The Balaban J connectivity index is 1.71. The summed E-state index contributed by atoms with van der Waals surface area (Å²) in [5, 5.41) is 1.19. The molecule has 0 spiro atoms. The SMILES string of the molecule is CC(=O)N1CCCCCC1Cc1c(C(=O)N2CCCC2)sc2ccccc12. The van der Waals surface area contributed by atoms with Crippen LogP contribution in [0.5, 0.6) is 0 Å². The van der Waals surface area contributed by atoms with Gasteiger partial charge in [0.15, 0.2) is 0 Å². The average molecular weight is 385 g/mol. The number of thiophene rings is 1. The van der Waals surface area contributed by atoms with Crippen LogP contribution < -0.4 is 0 Å². The van der Waals surface area contributed by atoms with Crippen molar-refractivity contribution in [3.63, 3.8) is 0 Å². The second-order valence-electron chi connectivity index (χ2n) is 7.82. The lowest BCUT2D eigenvalue weighted by atomic mass is 9.97. The molecule has 0 aliphatic carbocycles. The van der Waals surface area contributed by atoms with E-state index in [1.165, 1.54) is 16.5 Å². The molecule has 2 fully saturated rings. The summed E-state index contributed by atoms with van der Waals surface area (Å²) in [5.41, 5.74) is 1.16. The molecule has 3 heterocycles. The maximum Gasteiger partial charge on any atom is 0.264 e. The second-order valence-corrected chi connectivity index (χ2v) is 8.88. The lowest BCUT2D eigenvalue weighted by Gasteiger charge is -2.29. The Morgan fingerprint density at radius 1 is 1.04 bits per heavy atom. The van der Waals surface area contributed by atoms with Crippen molar-refractivity contribution in [2.75, 3.05) is 19.6 Å². The van der Waals surface area contributed by atoms with Gasteiger partial charge in [0, 0.05) is 37.3 Å². The van der Waals surface area contributed by atoms with Crippen LogP contribution in [0, 0.1) is 0 Å². The minimum atomic E-state index is 0.161. The normalized spacial score (nSPS) is 20.9. The molecule has 0 N–H and O–H groups in total. The number of amides is 2. The molecule has 2 aliphatic heterocycles. The van der Waals surface area contributed by atoms with Gasteiger partial charge in [-0.25, -0.2) is 0 Å². The van der Waals surface area contributed by atoms with E-state index in [4.69, 9.17) is 0 Å². The van der Waals surface area contributed by atoms with Crippen LogP contribution in [0.4, 0.5) is 0 Å². The lowest BCUT2D eigenvalue weighted by molar-refractivity contribution is -0.131. The van der Waals surface area contributed by atoms with Crippen LogP contribution in [0.2, 0.25) is 0 Å². The molecule has 1 atom stereocenters. The van der Waals surface area contributed by atoms with Gasteiger partial charge in [0.05, 0.1) is 4.88 Å². The maximum atomic E-state index is 13.2. The summed E-state index contributed by atoms with van der Waals surface area (Å²) in [5.74, 6) is 0.348. The van der Waals surface area contributed by atoms with E-state index in [1.54, 1.807) is 18.3 Å². The van der Waals surface area contributed by atoms with E-state index < -0.39 is 0 Å². The Hall–Kier alpha value is -1.88. The summed E-state index contributed by atoms with van der Waals surface area (Å²) in [6.07, 6.45) is 7.45. The number of fused-ring (bicyclic) bond motifs is 1. The molecule has 0 radical (unpaired) electrons. The van der Waals surface area contributed by atoms with E-state index in [-0.39, 0.29) is 17.9 Å². The molecule has 5 heteroatoms. The largest absolute Gasteiger partial charge is 0.340 e. The molecule has 2 saturated heterocycles. The third kappa shape index (κ3) is 3.75. The van der Waals surface area contributed by atoms with Gasteiger partial charge in [-0.15, -0.1) is 11.3 Å². The van der Waals surface area contributed by atoms with Crippen molar-refractivity contribution >= 4 is 33.2 Å². The number of likely N-dealkylation sites (tertiary alicyclic amines) is 2. The Morgan fingerprint density at radius 2 is 1.78 bits per heavy atom. The maximum absolute atomic E-state index is 13.2. The smallest absolute Gasteiger partial charge is 0.264 e. The van der Waals surface area contributed by atoms with Crippen molar-refractivity contribution in [3.8, 4) is 0 Å². The zero-order valence-electron chi connectivity index (χ0n) is 16.1. The van der Waals surface area contributed by atoms with Crippen LogP contribution in [0.1, 0.15) is 60.7 Å². The number of hydrogen-bond acceptors (Lipinski definition) is 3. The number of hydrogen-bond donors (Lipinski definition) is 0. The van der Waals surface area contributed by atoms with Crippen LogP contribution in [0.25, 0.3) is 10.1 Å². The fourth-order valence-electron chi connectivity index (χ4n) is 4.58. The number of benzene rings is 1. The van der Waals surface area contributed by atoms with Crippen molar-refractivity contribution in [1.82, 2.24) is 9.80 Å². The van der Waals surface area contributed by atoms with Crippen LogP contribution in [-0.2, 0) is 11.2 Å². The highest BCUT2D eigenvalue weighted by atomic mass is 32.1. The fraction of sp³-hybridized carbons (Fsp3) is 0.545. The number of rotatable bonds is 3. The third-order valence-electron chi connectivity index (χ3n) is 6.01. The number of nitrogens with zero attached hydrogens (tertiary/aromatic N) is 2. The topological polar surface area (TPSA) is 40.6 Å². The molecule has 2 aromatic rings. The van der Waals surface area contributed by atoms with E-state index in [1.807, 2.05) is 15.9 Å². The predicted octanol–water partition coefficient (Wildman–Crippen LogP) is 4.47. The van der Waals surface area contributed by atoms with Gasteiger partial charge < -0.3 is 9.80 Å². The van der Waals surface area contributed by atoms with Crippen molar-refractivity contribution in [3.05, 3.63) is 34.7 Å². The first-order chi connectivity index (χ1) is 13.1. The Kier molecular flexibility index (Phi) is 5.48. The van der Waals surface area contributed by atoms with Gasteiger partial charge in [-0.05, 0) is 49.1 Å². The quantitative estimate of drug-likeness (QED) is 0.783.